The minimum absolute atomic E-state index is 0.0197. The number of methoxy groups -OCH3 is 2. The zero-order valence-corrected chi connectivity index (χ0v) is 26.3. The molecule has 45 heavy (non-hydrogen) atoms. The van der Waals surface area contributed by atoms with Crippen LogP contribution in [0.2, 0.25) is 0 Å². The maximum atomic E-state index is 14.2. The van der Waals surface area contributed by atoms with Gasteiger partial charge in [-0.1, -0.05) is 44.2 Å². The highest BCUT2D eigenvalue weighted by molar-refractivity contribution is 5.84. The average molecular weight is 610 g/mol. The minimum Gasteiger partial charge on any atom is -0.494 e. The predicted octanol–water partition coefficient (Wildman–Crippen LogP) is 7.51. The van der Waals surface area contributed by atoms with Gasteiger partial charge in [0.2, 0.25) is 5.75 Å². The number of ether oxygens (including phenoxy) is 4. The van der Waals surface area contributed by atoms with E-state index in [0.29, 0.717) is 51.7 Å². The van der Waals surface area contributed by atoms with Gasteiger partial charge in [0.05, 0.1) is 37.9 Å². The molecule has 0 aliphatic carbocycles. The number of para-hydroxylation sites is 1. The molecule has 0 aliphatic rings. The van der Waals surface area contributed by atoms with Crippen molar-refractivity contribution in [2.24, 2.45) is 5.10 Å². The second kappa shape index (κ2) is 13.6. The molecule has 1 aromatic heterocycles. The molecule has 0 atom stereocenters. The predicted molar refractivity (Wildman–Crippen MR) is 175 cm³/mol. The first kappa shape index (κ1) is 31.3. The van der Waals surface area contributed by atoms with Gasteiger partial charge in [-0.3, -0.25) is 4.79 Å². The second-order valence-electron chi connectivity index (χ2n) is 10.7. The van der Waals surface area contributed by atoms with Crippen LogP contribution in [-0.4, -0.2) is 36.7 Å². The molecule has 0 N–H and O–H groups in total. The third kappa shape index (κ3) is 6.52. The number of hydrogen-bond acceptors (Lipinski definition) is 7. The SMILES string of the molecule is CCOc1cc(C)c(-c2nc3ccccc3c(=O)n2N=Cc2cc(OC)c(OCc3ccccc3F)c(OC)c2)cc1C(C)C. The highest BCUT2D eigenvalue weighted by Crippen LogP contribution is 2.39. The van der Waals surface area contributed by atoms with Gasteiger partial charge in [-0.25, -0.2) is 9.37 Å². The first-order valence-electron chi connectivity index (χ1n) is 14.7. The summed E-state index contributed by atoms with van der Waals surface area (Å²) in [5, 5.41) is 5.09. The molecular formula is C36H36FN3O5. The zero-order valence-electron chi connectivity index (χ0n) is 26.3. The third-order valence-electron chi connectivity index (χ3n) is 7.41. The largest absolute Gasteiger partial charge is 0.494 e. The summed E-state index contributed by atoms with van der Waals surface area (Å²) in [6.07, 6.45) is 1.54. The Morgan fingerprint density at radius 2 is 1.62 bits per heavy atom. The summed E-state index contributed by atoms with van der Waals surface area (Å²) in [7, 11) is 3.00. The number of halogens is 1. The quantitative estimate of drug-likeness (QED) is 0.144. The van der Waals surface area contributed by atoms with Gasteiger partial charge in [0, 0.05) is 16.7 Å². The van der Waals surface area contributed by atoms with Crippen molar-refractivity contribution in [2.75, 3.05) is 20.8 Å². The van der Waals surface area contributed by atoms with Crippen molar-refractivity contribution in [3.05, 3.63) is 111 Å². The summed E-state index contributed by atoms with van der Waals surface area (Å²) in [6, 6.07) is 21.0. The molecule has 1 heterocycles. The van der Waals surface area contributed by atoms with Crippen LogP contribution in [0.1, 0.15) is 48.9 Å². The molecule has 4 aromatic carbocycles. The Morgan fingerprint density at radius 3 is 2.29 bits per heavy atom. The Hall–Kier alpha value is -5.18. The van der Waals surface area contributed by atoms with Gasteiger partial charge < -0.3 is 18.9 Å². The summed E-state index contributed by atoms with van der Waals surface area (Å²) < 4.78 is 38.6. The van der Waals surface area contributed by atoms with Crippen molar-refractivity contribution in [3.63, 3.8) is 0 Å². The van der Waals surface area contributed by atoms with Crippen LogP contribution in [-0.2, 0) is 6.61 Å². The van der Waals surface area contributed by atoms with Crippen LogP contribution >= 0.6 is 0 Å². The molecule has 0 fully saturated rings. The first-order chi connectivity index (χ1) is 21.7. The monoisotopic (exact) mass is 609 g/mol. The lowest BCUT2D eigenvalue weighted by Crippen LogP contribution is -2.21. The Kier molecular flexibility index (Phi) is 9.47. The van der Waals surface area contributed by atoms with E-state index < -0.39 is 0 Å². The standard InChI is InChI=1S/C36H36FN3O5/c1-7-44-31-16-23(4)28(19-27(31)22(2)3)35-39-30-15-11-9-13-26(30)36(41)40(35)38-20-24-17-32(42-5)34(33(18-24)43-6)45-21-25-12-8-10-14-29(25)37/h8-20,22H,7,21H2,1-6H3. The fourth-order valence-corrected chi connectivity index (χ4v) is 5.08. The van der Waals surface area contributed by atoms with E-state index in [4.69, 9.17) is 23.9 Å². The molecule has 8 nitrogen and oxygen atoms in total. The molecule has 232 valence electrons. The van der Waals surface area contributed by atoms with E-state index in [9.17, 15) is 9.18 Å². The van der Waals surface area contributed by atoms with Crippen molar-refractivity contribution < 1.29 is 23.3 Å². The highest BCUT2D eigenvalue weighted by atomic mass is 19.1. The van der Waals surface area contributed by atoms with Gasteiger partial charge in [0.15, 0.2) is 17.3 Å². The van der Waals surface area contributed by atoms with Crippen LogP contribution in [0.3, 0.4) is 0 Å². The molecule has 0 spiro atoms. The van der Waals surface area contributed by atoms with E-state index in [1.54, 1.807) is 48.7 Å². The Labute approximate surface area is 261 Å². The van der Waals surface area contributed by atoms with Crippen LogP contribution in [0, 0.1) is 12.7 Å². The molecule has 5 rings (SSSR count). The maximum absolute atomic E-state index is 14.2. The Morgan fingerprint density at radius 1 is 0.933 bits per heavy atom. The number of rotatable bonds is 11. The lowest BCUT2D eigenvalue weighted by molar-refractivity contribution is 0.262. The fourth-order valence-electron chi connectivity index (χ4n) is 5.08. The normalized spacial score (nSPS) is 11.4. The van der Waals surface area contributed by atoms with Crippen LogP contribution in [0.4, 0.5) is 4.39 Å². The fraction of sp³-hybridized carbons (Fsp3) is 0.250. The molecule has 0 saturated heterocycles. The van der Waals surface area contributed by atoms with Gasteiger partial charge in [-0.15, -0.1) is 0 Å². The number of hydrogen-bond donors (Lipinski definition) is 0. The highest BCUT2D eigenvalue weighted by Gasteiger charge is 2.19. The van der Waals surface area contributed by atoms with E-state index in [-0.39, 0.29) is 23.9 Å². The van der Waals surface area contributed by atoms with Crippen molar-refractivity contribution in [1.29, 1.82) is 0 Å². The van der Waals surface area contributed by atoms with Crippen molar-refractivity contribution in [2.45, 2.75) is 40.2 Å². The van der Waals surface area contributed by atoms with Crippen LogP contribution in [0.25, 0.3) is 22.3 Å². The van der Waals surface area contributed by atoms with Crippen LogP contribution < -0.4 is 24.5 Å². The third-order valence-corrected chi connectivity index (χ3v) is 7.41. The molecule has 0 saturated carbocycles. The molecule has 0 aliphatic heterocycles. The Balaban J connectivity index is 1.61. The molecule has 0 unspecified atom stereocenters. The molecule has 9 heteroatoms. The van der Waals surface area contributed by atoms with Gasteiger partial charge in [-0.05, 0) is 73.4 Å². The zero-order chi connectivity index (χ0) is 32.1. The summed E-state index contributed by atoms with van der Waals surface area (Å²) >= 11 is 0. The minimum atomic E-state index is -0.368. The second-order valence-corrected chi connectivity index (χ2v) is 10.7. The molecule has 5 aromatic rings. The van der Waals surface area contributed by atoms with Crippen molar-refractivity contribution in [1.82, 2.24) is 9.66 Å². The van der Waals surface area contributed by atoms with E-state index >= 15 is 0 Å². The Bertz CT molecular complexity index is 1910. The molecule has 0 bridgehead atoms. The van der Waals surface area contributed by atoms with Crippen LogP contribution in [0.5, 0.6) is 23.0 Å². The van der Waals surface area contributed by atoms with Gasteiger partial charge in [-0.2, -0.15) is 9.78 Å². The number of fused-ring (bicyclic) bond motifs is 1. The van der Waals surface area contributed by atoms with Gasteiger partial charge in [0.1, 0.15) is 18.2 Å². The first-order valence-corrected chi connectivity index (χ1v) is 14.7. The topological polar surface area (TPSA) is 84.2 Å². The van der Waals surface area contributed by atoms with E-state index in [1.807, 2.05) is 38.1 Å². The lowest BCUT2D eigenvalue weighted by atomic mass is 9.96. The van der Waals surface area contributed by atoms with E-state index in [1.165, 1.54) is 25.0 Å². The number of aryl methyl sites for hydroxylation is 1. The van der Waals surface area contributed by atoms with Crippen LogP contribution in [0.15, 0.2) is 82.7 Å². The lowest BCUT2D eigenvalue weighted by Gasteiger charge is -2.18. The smallest absolute Gasteiger partial charge is 0.282 e. The molecule has 0 radical (unpaired) electrons. The van der Waals surface area contributed by atoms with Gasteiger partial charge >= 0.3 is 0 Å². The summed E-state index contributed by atoms with van der Waals surface area (Å²) in [5.74, 6) is 2.06. The molecule has 0 amide bonds. The number of benzene rings is 4. The summed E-state index contributed by atoms with van der Waals surface area (Å²) in [4.78, 5) is 18.8. The average Bonchev–Trinajstić information content (AvgIpc) is 3.04. The van der Waals surface area contributed by atoms with Crippen molar-refractivity contribution in [3.8, 4) is 34.4 Å². The molecular weight excluding hydrogens is 573 g/mol. The number of nitrogens with zero attached hydrogens (tertiary/aromatic N) is 3. The van der Waals surface area contributed by atoms with E-state index in [2.05, 4.69) is 18.9 Å². The van der Waals surface area contributed by atoms with E-state index in [0.717, 1.165) is 22.4 Å². The van der Waals surface area contributed by atoms with Gasteiger partial charge in [0.25, 0.3) is 5.56 Å². The van der Waals surface area contributed by atoms with Crippen molar-refractivity contribution >= 4 is 17.1 Å². The summed E-state index contributed by atoms with van der Waals surface area (Å²) in [6.45, 7) is 8.64. The maximum Gasteiger partial charge on any atom is 0.282 e. The number of aromatic nitrogens is 2. The summed E-state index contributed by atoms with van der Waals surface area (Å²) in [5.41, 5.74) is 3.92.